The number of halogens is 3. The zero-order valence-corrected chi connectivity index (χ0v) is 78.7. The zero-order chi connectivity index (χ0) is 99.3. The van der Waals surface area contributed by atoms with Crippen LogP contribution in [0.3, 0.4) is 0 Å². The average Bonchev–Trinajstić information content (AvgIpc) is 1.79. The summed E-state index contributed by atoms with van der Waals surface area (Å²) in [6.07, 6.45) is 2.05. The second-order valence-corrected chi connectivity index (χ2v) is 36.4. The van der Waals surface area contributed by atoms with Crippen molar-refractivity contribution in [2.45, 2.75) is 215 Å². The Bertz CT molecular complexity index is 5370. The lowest BCUT2D eigenvalue weighted by Gasteiger charge is -2.38. The molecule has 39 heteroatoms. The number of rotatable bonds is 25. The number of hydrogen-bond acceptors (Lipinski definition) is 20. The minimum atomic E-state index is -1.85. The van der Waals surface area contributed by atoms with Gasteiger partial charge in [0.05, 0.1) is 12.3 Å². The Balaban J connectivity index is 1.06. The standard InChI is InChI=1S/C98H126F3N19O16S/c1-7-8-29-79-97(135)120-42-21-31-78(120)92(130)113-75(52-104)90(128)115-85(57(2)3)98(136)117(5)80(48-58-22-11-9-12-23-58)93(131)112-74(46-60-32-34-62(51-103)35-33-60)95(133)119-41-20-18-30-77(119)91(129)111-72(50-64-53-106-69-27-16-15-26-66(64)69)89(127)110-71(45-61-36-38-65(121)39-37-61)88(126)109-70(28-17-19-40-102)87(125)114-76(86(124)107-54-82(105)122)55-137-56-83(123)108-73(47-63-43-67(99)84(101)68(100)44-63)94(132)118(6)81(96(134)116(79)4)49-59-24-13-10-14-25-59/h9-16,22-27,32-39,43-44,53,57,70-81,85,106,121H,7-8,17-21,28-31,40-42,45-52,54-56,102-104H2,1-6H3,(H2,105,122)(H,107,124)(H,108,123)(H,109,126)(H,110,127)(H,111,129)(H,112,131)(H,113,130)(H,114,125)(H,115,128)/t70-,71-,72-,73-,74-,75-,76-,77+,78+,79-,80-,81-,85-/m0/s1. The van der Waals surface area contributed by atoms with Gasteiger partial charge in [0.15, 0.2) is 17.5 Å². The minimum Gasteiger partial charge on any atom is -0.508 e. The number of aromatic amines is 1. The van der Waals surface area contributed by atoms with Gasteiger partial charge >= 0.3 is 0 Å². The van der Waals surface area contributed by atoms with E-state index in [0.29, 0.717) is 94.7 Å². The number of carbonyl (C=O) groups is 15. The smallest absolute Gasteiger partial charge is 0.246 e. The fourth-order valence-corrected chi connectivity index (χ4v) is 18.1. The Morgan fingerprint density at radius 2 is 0.985 bits per heavy atom. The first kappa shape index (κ1) is 106. The van der Waals surface area contributed by atoms with Gasteiger partial charge in [-0.15, -0.1) is 11.8 Å². The summed E-state index contributed by atoms with van der Waals surface area (Å²) >= 11 is 0.691. The molecule has 6 aromatic carbocycles. The first-order valence-corrected chi connectivity index (χ1v) is 47.4. The molecule has 3 aliphatic rings. The monoisotopic (exact) mass is 1910 g/mol. The first-order chi connectivity index (χ1) is 65.6. The fraction of sp³-hybridized carbons (Fsp3) is 0.459. The number of aromatic hydroxyl groups is 1. The number of phenolic OH excluding ortho intramolecular Hbond substituents is 1. The number of nitrogens with zero attached hydrogens (tertiary/aromatic N) is 5. The van der Waals surface area contributed by atoms with E-state index >= 15 is 56.7 Å². The van der Waals surface area contributed by atoms with E-state index in [4.69, 9.17) is 22.9 Å². The van der Waals surface area contributed by atoms with Crippen LogP contribution in [0.5, 0.6) is 5.75 Å². The second kappa shape index (κ2) is 51.1. The molecule has 3 fully saturated rings. The van der Waals surface area contributed by atoms with Gasteiger partial charge < -0.3 is 105 Å². The molecule has 15 amide bonds. The second-order valence-electron chi connectivity index (χ2n) is 35.3. The summed E-state index contributed by atoms with van der Waals surface area (Å²) in [5, 5.41) is 35.6. The van der Waals surface area contributed by atoms with Gasteiger partial charge in [0, 0.05) is 109 Å². The predicted molar refractivity (Wildman–Crippen MR) is 507 cm³/mol. The summed E-state index contributed by atoms with van der Waals surface area (Å²) in [5.41, 5.74) is 27.4. The highest BCUT2D eigenvalue weighted by molar-refractivity contribution is 8.00. The van der Waals surface area contributed by atoms with Crippen LogP contribution >= 0.6 is 11.8 Å². The molecule has 736 valence electrons. The van der Waals surface area contributed by atoms with Crippen molar-refractivity contribution in [1.29, 1.82) is 0 Å². The van der Waals surface area contributed by atoms with Crippen molar-refractivity contribution in [1.82, 2.24) is 77.3 Å². The highest BCUT2D eigenvalue weighted by Gasteiger charge is 2.46. The lowest BCUT2D eigenvalue weighted by atomic mass is 9.96. The molecule has 0 bridgehead atoms. The molecule has 0 spiro atoms. The van der Waals surface area contributed by atoms with Gasteiger partial charge in [-0.1, -0.05) is 149 Å². The topological polar surface area (TPSA) is 521 Å². The van der Waals surface area contributed by atoms with Crippen molar-refractivity contribution < 1.29 is 90.2 Å². The minimum absolute atomic E-state index is 0.00834. The highest BCUT2D eigenvalue weighted by Crippen LogP contribution is 2.29. The SMILES string of the molecule is CCCC[C@H]1C(=O)N2CCC[C@@H]2C(=O)N[C@@H](CN)C(=O)N[C@@H](C(C)C)C(=O)N(C)[C@@H](Cc2ccccc2)C(=O)N[C@@H](Cc2ccc(CN)cc2)C(=O)N2CCCC[C@@H]2C(=O)N[C@@H](Cc2c[nH]c3ccccc23)C(=O)N[C@@H](Cc2ccc(O)cc2)C(=O)N[C@@H](CCCCN)C(=O)N[C@H](C(=O)NCC(N)=O)CSCC(=O)N[C@@H](Cc2cc(F)c(F)c(F)c2)C(=O)N(C)[C@@H](Cc2ccccc2)C(=O)N1C. The molecule has 4 heterocycles. The van der Waals surface area contributed by atoms with E-state index in [1.54, 1.807) is 129 Å². The first-order valence-electron chi connectivity index (χ1n) is 46.3. The molecule has 3 aliphatic heterocycles. The summed E-state index contributed by atoms with van der Waals surface area (Å²) in [6, 6.07) is 18.3. The van der Waals surface area contributed by atoms with Crippen LogP contribution in [0.2, 0.25) is 0 Å². The lowest BCUT2D eigenvalue weighted by Crippen LogP contribution is -2.63. The molecule has 19 N–H and O–H groups in total. The van der Waals surface area contributed by atoms with Crippen LogP contribution in [0.1, 0.15) is 130 Å². The number of amides is 15. The van der Waals surface area contributed by atoms with Crippen molar-refractivity contribution in [3.8, 4) is 5.75 Å². The van der Waals surface area contributed by atoms with Gasteiger partial charge in [-0.25, -0.2) is 13.2 Å². The Morgan fingerprint density at radius 3 is 1.60 bits per heavy atom. The molecule has 0 saturated carbocycles. The number of phenols is 1. The number of primary amides is 1. The molecule has 7 aromatic rings. The normalized spacial score (nSPS) is 23.3. The number of unbranched alkanes of at least 4 members (excludes halogenated alkanes) is 2. The maximum absolute atomic E-state index is 16.0. The van der Waals surface area contributed by atoms with Crippen LogP contribution in [0, 0.1) is 23.4 Å². The lowest BCUT2D eigenvalue weighted by molar-refractivity contribution is -0.152. The molecular formula is C98H126F3N19O16S. The molecule has 10 rings (SSSR count). The van der Waals surface area contributed by atoms with Crippen molar-refractivity contribution in [3.63, 3.8) is 0 Å². The number of carbonyl (C=O) groups excluding carboxylic acids is 15. The Morgan fingerprint density at radius 1 is 0.482 bits per heavy atom. The number of likely N-dealkylation sites (N-methyl/N-ethyl adjacent to an activating group) is 3. The van der Waals surface area contributed by atoms with Gasteiger partial charge in [-0.05, 0) is 140 Å². The van der Waals surface area contributed by atoms with E-state index in [-0.39, 0.29) is 108 Å². The molecular weight excluding hydrogens is 1790 g/mol. The molecule has 3 saturated heterocycles. The fourth-order valence-electron chi connectivity index (χ4n) is 17.3. The van der Waals surface area contributed by atoms with Gasteiger partial charge in [0.25, 0.3) is 0 Å². The van der Waals surface area contributed by atoms with E-state index in [0.717, 1.165) is 20.3 Å². The molecule has 0 aliphatic carbocycles. The zero-order valence-electron chi connectivity index (χ0n) is 77.9. The third-order valence-electron chi connectivity index (χ3n) is 25.1. The number of H-pyrrole nitrogens is 1. The molecule has 35 nitrogen and oxygen atoms in total. The summed E-state index contributed by atoms with van der Waals surface area (Å²) < 4.78 is 45.2. The van der Waals surface area contributed by atoms with E-state index in [1.165, 1.54) is 55.2 Å². The van der Waals surface area contributed by atoms with Gasteiger partial charge in [-0.3, -0.25) is 71.9 Å². The average molecular weight is 1920 g/mol. The number of piperidine rings is 1. The molecule has 137 heavy (non-hydrogen) atoms. The largest absolute Gasteiger partial charge is 0.508 e. The van der Waals surface area contributed by atoms with E-state index in [2.05, 4.69) is 52.8 Å². The Hall–Kier alpha value is -13.3. The Labute approximate surface area is 797 Å². The number of nitrogens with two attached hydrogens (primary N) is 4. The number of thioether (sulfide) groups is 1. The van der Waals surface area contributed by atoms with Gasteiger partial charge in [0.2, 0.25) is 88.6 Å². The van der Waals surface area contributed by atoms with E-state index < -0.39 is 222 Å². The van der Waals surface area contributed by atoms with Crippen molar-refractivity contribution >= 4 is 111 Å². The number of para-hydroxylation sites is 1. The maximum atomic E-state index is 16.0. The molecule has 0 radical (unpaired) electrons. The summed E-state index contributed by atoms with van der Waals surface area (Å²) in [6.45, 7) is 4.08. The highest BCUT2D eigenvalue weighted by atomic mass is 32.2. The predicted octanol–water partition coefficient (Wildman–Crippen LogP) is 2.52. The number of aromatic nitrogens is 1. The van der Waals surface area contributed by atoms with Crippen molar-refractivity contribution in [3.05, 3.63) is 208 Å². The van der Waals surface area contributed by atoms with Crippen LogP contribution < -0.4 is 70.8 Å². The number of fused-ring (bicyclic) bond motifs is 3. The third kappa shape index (κ3) is 29.1. The van der Waals surface area contributed by atoms with Gasteiger partial charge in [0.1, 0.15) is 84.3 Å². The Kier molecular flexibility index (Phi) is 39.4. The van der Waals surface area contributed by atoms with Crippen molar-refractivity contribution in [2.75, 3.05) is 65.4 Å². The van der Waals surface area contributed by atoms with E-state index in [1.807, 2.05) is 6.92 Å². The molecule has 13 atom stereocenters. The third-order valence-corrected chi connectivity index (χ3v) is 26.1. The van der Waals surface area contributed by atoms with E-state index in [9.17, 15) is 33.5 Å². The number of hydrogen-bond donors (Lipinski definition) is 15. The van der Waals surface area contributed by atoms with Crippen LogP contribution in [-0.4, -0.2) is 267 Å². The van der Waals surface area contributed by atoms with Crippen LogP contribution in [0.15, 0.2) is 152 Å². The number of nitrogens with one attached hydrogen (secondary N) is 10. The van der Waals surface area contributed by atoms with Crippen LogP contribution in [0.4, 0.5) is 13.2 Å². The van der Waals surface area contributed by atoms with Crippen LogP contribution in [0.25, 0.3) is 10.9 Å². The summed E-state index contributed by atoms with van der Waals surface area (Å²) in [4.78, 5) is 236. The van der Waals surface area contributed by atoms with Crippen LogP contribution in [-0.2, 0) is 117 Å². The quantitative estimate of drug-likeness (QED) is 0.0289. The molecule has 1 aromatic heterocycles. The summed E-state index contributed by atoms with van der Waals surface area (Å²) in [7, 11) is 3.94. The van der Waals surface area contributed by atoms with Crippen molar-refractivity contribution in [2.24, 2.45) is 28.9 Å². The summed E-state index contributed by atoms with van der Waals surface area (Å²) in [5.74, 6) is -20.6. The van der Waals surface area contributed by atoms with Gasteiger partial charge in [-0.2, -0.15) is 0 Å². The molecule has 0 unspecified atom stereocenters. The maximum Gasteiger partial charge on any atom is 0.246 e. The number of benzene rings is 6.